The van der Waals surface area contributed by atoms with Crippen LogP contribution < -0.4 is 11.1 Å². The third-order valence-corrected chi connectivity index (χ3v) is 3.15. The average molecular weight is 326 g/mol. The maximum Gasteiger partial charge on any atom is 0.139 e. The van der Waals surface area contributed by atoms with E-state index in [0.29, 0.717) is 21.4 Å². The van der Waals surface area contributed by atoms with Crippen molar-refractivity contribution in [1.82, 2.24) is 4.98 Å². The topological polar surface area (TPSA) is 50.9 Å². The summed E-state index contributed by atoms with van der Waals surface area (Å²) in [6.07, 6.45) is 3.19. The first-order valence-corrected chi connectivity index (χ1v) is 6.24. The molecule has 0 amide bonds. The standard InChI is InChI=1S/C12H9BrFN3S/c13-9-2-1-7(5-10(9)14)17-11-6-16-4-3-8(11)12(15)18/h1-6,17H,(H2,15,18). The van der Waals surface area contributed by atoms with Crippen LogP contribution in [0, 0.1) is 5.82 Å². The van der Waals surface area contributed by atoms with Gasteiger partial charge in [0.2, 0.25) is 0 Å². The van der Waals surface area contributed by atoms with E-state index < -0.39 is 0 Å². The van der Waals surface area contributed by atoms with Crippen molar-refractivity contribution in [3.8, 4) is 0 Å². The molecule has 0 unspecified atom stereocenters. The lowest BCUT2D eigenvalue weighted by Crippen LogP contribution is -2.12. The highest BCUT2D eigenvalue weighted by molar-refractivity contribution is 9.10. The number of aromatic nitrogens is 1. The molecule has 0 saturated heterocycles. The fourth-order valence-electron chi connectivity index (χ4n) is 1.44. The van der Waals surface area contributed by atoms with Crippen molar-refractivity contribution in [3.63, 3.8) is 0 Å². The van der Waals surface area contributed by atoms with Gasteiger partial charge in [-0.1, -0.05) is 12.2 Å². The molecule has 0 saturated carbocycles. The van der Waals surface area contributed by atoms with Gasteiger partial charge in [-0.2, -0.15) is 0 Å². The molecule has 1 aromatic heterocycles. The van der Waals surface area contributed by atoms with Gasteiger partial charge in [0.15, 0.2) is 0 Å². The van der Waals surface area contributed by atoms with Gasteiger partial charge < -0.3 is 11.1 Å². The van der Waals surface area contributed by atoms with Crippen LogP contribution in [0.15, 0.2) is 41.1 Å². The Morgan fingerprint density at radius 2 is 2.17 bits per heavy atom. The third-order valence-electron chi connectivity index (χ3n) is 2.29. The number of pyridine rings is 1. The zero-order chi connectivity index (χ0) is 13.1. The number of nitrogens with one attached hydrogen (secondary N) is 1. The van der Waals surface area contributed by atoms with E-state index >= 15 is 0 Å². The molecular weight excluding hydrogens is 317 g/mol. The quantitative estimate of drug-likeness (QED) is 0.849. The number of nitrogens with two attached hydrogens (primary N) is 1. The maximum absolute atomic E-state index is 13.4. The Kier molecular flexibility index (Phi) is 3.88. The lowest BCUT2D eigenvalue weighted by molar-refractivity contribution is 0.622. The van der Waals surface area contributed by atoms with E-state index in [1.54, 1.807) is 30.6 Å². The molecule has 6 heteroatoms. The van der Waals surface area contributed by atoms with E-state index in [-0.39, 0.29) is 10.8 Å². The van der Waals surface area contributed by atoms with Gasteiger partial charge in [-0.25, -0.2) is 4.39 Å². The molecule has 0 spiro atoms. The first-order valence-electron chi connectivity index (χ1n) is 5.04. The molecule has 3 nitrogen and oxygen atoms in total. The summed E-state index contributed by atoms with van der Waals surface area (Å²) in [4.78, 5) is 4.24. The van der Waals surface area contributed by atoms with Gasteiger partial charge >= 0.3 is 0 Å². The molecular formula is C12H9BrFN3S. The summed E-state index contributed by atoms with van der Waals surface area (Å²) in [6, 6.07) is 6.44. The monoisotopic (exact) mass is 325 g/mol. The minimum Gasteiger partial charge on any atom is -0.389 e. The highest BCUT2D eigenvalue weighted by Gasteiger charge is 2.06. The average Bonchev–Trinajstić information content (AvgIpc) is 2.34. The number of halogens is 2. The summed E-state index contributed by atoms with van der Waals surface area (Å²) in [5.74, 6) is -0.347. The second-order valence-corrected chi connectivity index (χ2v) is 4.83. The van der Waals surface area contributed by atoms with E-state index in [1.165, 1.54) is 6.07 Å². The molecule has 0 fully saturated rings. The number of benzene rings is 1. The van der Waals surface area contributed by atoms with Gasteiger partial charge in [0.25, 0.3) is 0 Å². The van der Waals surface area contributed by atoms with Crippen LogP contribution in [0.2, 0.25) is 0 Å². The molecule has 0 radical (unpaired) electrons. The van der Waals surface area contributed by atoms with Gasteiger partial charge in [-0.05, 0) is 40.2 Å². The van der Waals surface area contributed by atoms with Crippen LogP contribution in [-0.4, -0.2) is 9.97 Å². The zero-order valence-corrected chi connectivity index (χ0v) is 11.6. The lowest BCUT2D eigenvalue weighted by Gasteiger charge is -2.10. The Labute approximate surface area is 117 Å². The fraction of sp³-hybridized carbons (Fsp3) is 0. The number of anilines is 2. The summed E-state index contributed by atoms with van der Waals surface area (Å²) in [5.41, 5.74) is 7.52. The highest BCUT2D eigenvalue weighted by Crippen LogP contribution is 2.23. The molecule has 18 heavy (non-hydrogen) atoms. The van der Waals surface area contributed by atoms with Gasteiger partial charge in [0, 0.05) is 17.4 Å². The van der Waals surface area contributed by atoms with Crippen LogP contribution >= 0.6 is 28.1 Å². The maximum atomic E-state index is 13.4. The predicted octanol–water partition coefficient (Wildman–Crippen LogP) is 3.36. The minimum absolute atomic E-state index is 0.262. The van der Waals surface area contributed by atoms with Crippen LogP contribution in [0.1, 0.15) is 5.56 Å². The van der Waals surface area contributed by atoms with E-state index in [1.807, 2.05) is 0 Å². The van der Waals surface area contributed by atoms with Gasteiger partial charge in [0.1, 0.15) is 10.8 Å². The van der Waals surface area contributed by atoms with Gasteiger partial charge in [-0.15, -0.1) is 0 Å². The molecule has 0 atom stereocenters. The number of nitrogens with zero attached hydrogens (tertiary/aromatic N) is 1. The molecule has 0 aliphatic carbocycles. The minimum atomic E-state index is -0.347. The van der Waals surface area contributed by atoms with Crippen molar-refractivity contribution in [2.45, 2.75) is 0 Å². The normalized spacial score (nSPS) is 10.1. The largest absolute Gasteiger partial charge is 0.389 e. The summed E-state index contributed by atoms with van der Waals surface area (Å²) < 4.78 is 13.8. The first-order chi connectivity index (χ1) is 8.58. The fourth-order valence-corrected chi connectivity index (χ4v) is 1.86. The summed E-state index contributed by atoms with van der Waals surface area (Å²) in [5, 5.41) is 3.03. The zero-order valence-electron chi connectivity index (χ0n) is 9.15. The molecule has 1 aromatic carbocycles. The lowest BCUT2D eigenvalue weighted by atomic mass is 10.2. The van der Waals surface area contributed by atoms with Crippen molar-refractivity contribution < 1.29 is 4.39 Å². The molecule has 2 aromatic rings. The first kappa shape index (κ1) is 12.9. The highest BCUT2D eigenvalue weighted by atomic mass is 79.9. The summed E-state index contributed by atoms with van der Waals surface area (Å²) in [7, 11) is 0. The Bertz CT molecular complexity index is 604. The van der Waals surface area contributed by atoms with E-state index in [9.17, 15) is 4.39 Å². The molecule has 2 rings (SSSR count). The number of hydrogen-bond donors (Lipinski definition) is 2. The molecule has 0 aliphatic heterocycles. The van der Waals surface area contributed by atoms with Crippen LogP contribution in [-0.2, 0) is 0 Å². The molecule has 0 aliphatic rings. The van der Waals surface area contributed by atoms with E-state index in [2.05, 4.69) is 26.2 Å². The Morgan fingerprint density at radius 1 is 1.39 bits per heavy atom. The second-order valence-electron chi connectivity index (χ2n) is 3.54. The number of hydrogen-bond acceptors (Lipinski definition) is 3. The van der Waals surface area contributed by atoms with E-state index in [0.717, 1.165) is 0 Å². The summed E-state index contributed by atoms with van der Waals surface area (Å²) >= 11 is 8.04. The number of rotatable bonds is 3. The molecule has 1 heterocycles. The smallest absolute Gasteiger partial charge is 0.139 e. The molecule has 92 valence electrons. The Hall–Kier alpha value is -1.53. The van der Waals surface area contributed by atoms with Crippen molar-refractivity contribution >= 4 is 44.5 Å². The van der Waals surface area contributed by atoms with Crippen molar-refractivity contribution in [1.29, 1.82) is 0 Å². The van der Waals surface area contributed by atoms with E-state index in [4.69, 9.17) is 18.0 Å². The molecule has 3 N–H and O–H groups in total. The van der Waals surface area contributed by atoms with Crippen LogP contribution in [0.25, 0.3) is 0 Å². The SMILES string of the molecule is NC(=S)c1ccncc1Nc1ccc(Br)c(F)c1. The van der Waals surface area contributed by atoms with Crippen LogP contribution in [0.5, 0.6) is 0 Å². The van der Waals surface area contributed by atoms with Crippen LogP contribution in [0.3, 0.4) is 0 Å². The van der Waals surface area contributed by atoms with Gasteiger partial charge in [0.05, 0.1) is 16.4 Å². The van der Waals surface area contributed by atoms with Gasteiger partial charge in [-0.3, -0.25) is 4.98 Å². The second kappa shape index (κ2) is 5.41. The van der Waals surface area contributed by atoms with Crippen LogP contribution in [0.4, 0.5) is 15.8 Å². The predicted molar refractivity (Wildman–Crippen MR) is 77.5 cm³/mol. The number of thiocarbonyl (C=S) groups is 1. The Balaban J connectivity index is 2.34. The summed E-state index contributed by atoms with van der Waals surface area (Å²) in [6.45, 7) is 0. The Morgan fingerprint density at radius 3 is 2.83 bits per heavy atom. The van der Waals surface area contributed by atoms with Crippen molar-refractivity contribution in [2.24, 2.45) is 5.73 Å². The van der Waals surface area contributed by atoms with Crippen molar-refractivity contribution in [3.05, 3.63) is 52.5 Å². The van der Waals surface area contributed by atoms with Crippen molar-refractivity contribution in [2.75, 3.05) is 5.32 Å². The third kappa shape index (κ3) is 2.83. The molecule has 0 bridgehead atoms.